The van der Waals surface area contributed by atoms with Gasteiger partial charge in [-0.25, -0.2) is 9.59 Å². The van der Waals surface area contributed by atoms with Crippen LogP contribution in [0.15, 0.2) is 27.8 Å². The number of carbonyl (C=O) groups excluding carboxylic acids is 2. The number of fused-ring (bicyclic) bond motifs is 1. The van der Waals surface area contributed by atoms with E-state index >= 15 is 0 Å². The molecule has 24 heavy (non-hydrogen) atoms. The number of hydrogen-bond acceptors (Lipinski definition) is 6. The van der Waals surface area contributed by atoms with Gasteiger partial charge in [-0.2, -0.15) is 0 Å². The maximum Gasteiger partial charge on any atom is 0.337 e. The summed E-state index contributed by atoms with van der Waals surface area (Å²) in [5.41, 5.74) is -0.527. The lowest BCUT2D eigenvalue weighted by Crippen LogP contribution is -2.35. The summed E-state index contributed by atoms with van der Waals surface area (Å²) in [5.74, 6) is -1.67. The molecule has 0 amide bonds. The molecule has 1 aromatic heterocycles. The fourth-order valence-corrected chi connectivity index (χ4v) is 2.42. The molecule has 0 saturated carbocycles. The third-order valence-electron chi connectivity index (χ3n) is 3.67. The molecule has 8 nitrogen and oxygen atoms in total. The second-order valence-electron chi connectivity index (χ2n) is 5.32. The molecular formula is C16H17N2O6-. The largest absolute Gasteiger partial charge is 0.550 e. The number of carbonyl (C=O) groups is 2. The number of benzene rings is 1. The number of unbranched alkanes of at least 4 members (excludes halogenated alkanes) is 2. The SMILES string of the molecule is COC(=O)c1ccc2c(=O)n(CCCCCC(=O)[O-])c(=O)[nH]c2c1. The minimum absolute atomic E-state index is 0.0424. The van der Waals surface area contributed by atoms with Crippen molar-refractivity contribution in [3.05, 3.63) is 44.6 Å². The van der Waals surface area contributed by atoms with Crippen molar-refractivity contribution in [2.24, 2.45) is 0 Å². The number of hydrogen-bond donors (Lipinski definition) is 1. The molecule has 0 saturated heterocycles. The van der Waals surface area contributed by atoms with Gasteiger partial charge in [0.1, 0.15) is 0 Å². The van der Waals surface area contributed by atoms with Crippen LogP contribution < -0.4 is 16.4 Å². The number of aromatic amines is 1. The average molecular weight is 333 g/mol. The van der Waals surface area contributed by atoms with Gasteiger partial charge in [-0.05, 0) is 37.5 Å². The normalized spacial score (nSPS) is 10.7. The van der Waals surface area contributed by atoms with Crippen LogP contribution in [0.3, 0.4) is 0 Å². The molecule has 2 rings (SSSR count). The van der Waals surface area contributed by atoms with Crippen molar-refractivity contribution in [1.82, 2.24) is 9.55 Å². The molecule has 1 aromatic carbocycles. The summed E-state index contributed by atoms with van der Waals surface area (Å²) >= 11 is 0. The van der Waals surface area contributed by atoms with Gasteiger partial charge in [0.15, 0.2) is 0 Å². The smallest absolute Gasteiger partial charge is 0.337 e. The van der Waals surface area contributed by atoms with Crippen LogP contribution in [0.25, 0.3) is 10.9 Å². The van der Waals surface area contributed by atoms with Crippen molar-refractivity contribution in [3.8, 4) is 0 Å². The highest BCUT2D eigenvalue weighted by molar-refractivity contribution is 5.93. The highest BCUT2D eigenvalue weighted by atomic mass is 16.5. The predicted octanol–water partition coefficient (Wildman–Crippen LogP) is -0.213. The number of methoxy groups -OCH3 is 1. The standard InChI is InChI=1S/C16H18N2O6/c1-24-15(22)10-6-7-11-12(9-10)17-16(23)18(14(11)21)8-4-2-3-5-13(19)20/h6-7,9H,2-5,8H2,1H3,(H,17,23)(H,19,20)/p-1. The average Bonchev–Trinajstić information content (AvgIpc) is 2.55. The number of carboxylic acid groups (broad SMARTS) is 1. The number of nitrogens with zero attached hydrogens (tertiary/aromatic N) is 1. The van der Waals surface area contributed by atoms with Crippen molar-refractivity contribution in [2.45, 2.75) is 32.2 Å². The van der Waals surface area contributed by atoms with Crippen molar-refractivity contribution in [3.63, 3.8) is 0 Å². The molecule has 0 unspecified atom stereocenters. The lowest BCUT2D eigenvalue weighted by Gasteiger charge is -2.07. The Morgan fingerprint density at radius 1 is 1.21 bits per heavy atom. The van der Waals surface area contributed by atoms with Crippen LogP contribution in [-0.4, -0.2) is 28.6 Å². The van der Waals surface area contributed by atoms with Crippen LogP contribution in [0.5, 0.6) is 0 Å². The van der Waals surface area contributed by atoms with Crippen LogP contribution in [0.4, 0.5) is 0 Å². The van der Waals surface area contributed by atoms with Gasteiger partial charge < -0.3 is 19.6 Å². The molecule has 0 radical (unpaired) electrons. The van der Waals surface area contributed by atoms with E-state index < -0.39 is 23.2 Å². The maximum atomic E-state index is 12.4. The van der Waals surface area contributed by atoms with E-state index in [1.807, 2.05) is 0 Å². The third kappa shape index (κ3) is 3.89. The van der Waals surface area contributed by atoms with Crippen LogP contribution in [-0.2, 0) is 16.1 Å². The van der Waals surface area contributed by atoms with Gasteiger partial charge in [0, 0.05) is 12.5 Å². The molecule has 2 aromatic rings. The van der Waals surface area contributed by atoms with Crippen molar-refractivity contribution < 1.29 is 19.4 Å². The summed E-state index contributed by atoms with van der Waals surface area (Å²) in [6, 6.07) is 4.32. The summed E-state index contributed by atoms with van der Waals surface area (Å²) in [5, 5.41) is 10.6. The third-order valence-corrected chi connectivity index (χ3v) is 3.67. The summed E-state index contributed by atoms with van der Waals surface area (Å²) < 4.78 is 5.67. The number of nitrogens with one attached hydrogen (secondary N) is 1. The minimum atomic E-state index is -1.11. The second kappa shape index (κ2) is 7.58. The fourth-order valence-electron chi connectivity index (χ4n) is 2.42. The van der Waals surface area contributed by atoms with Crippen molar-refractivity contribution in [2.75, 3.05) is 7.11 Å². The molecule has 1 heterocycles. The molecule has 128 valence electrons. The van der Waals surface area contributed by atoms with E-state index in [2.05, 4.69) is 9.72 Å². The number of carboxylic acids is 1. The van der Waals surface area contributed by atoms with Crippen molar-refractivity contribution >= 4 is 22.8 Å². The summed E-state index contributed by atoms with van der Waals surface area (Å²) in [6.45, 7) is 0.190. The molecule has 0 aliphatic rings. The molecule has 0 atom stereocenters. The van der Waals surface area contributed by atoms with E-state index in [1.165, 1.54) is 25.3 Å². The minimum Gasteiger partial charge on any atom is -0.550 e. The Balaban J connectivity index is 2.23. The van der Waals surface area contributed by atoms with E-state index in [9.17, 15) is 24.3 Å². The van der Waals surface area contributed by atoms with E-state index in [4.69, 9.17) is 0 Å². The Hall–Kier alpha value is -2.90. The van der Waals surface area contributed by atoms with Crippen molar-refractivity contribution in [1.29, 1.82) is 0 Å². The Labute approximate surface area is 136 Å². The lowest BCUT2D eigenvalue weighted by molar-refractivity contribution is -0.305. The molecule has 8 heteroatoms. The monoisotopic (exact) mass is 333 g/mol. The van der Waals surface area contributed by atoms with Gasteiger partial charge >= 0.3 is 11.7 Å². The van der Waals surface area contributed by atoms with E-state index in [0.717, 1.165) is 4.57 Å². The van der Waals surface area contributed by atoms with Gasteiger partial charge in [0.25, 0.3) is 5.56 Å². The van der Waals surface area contributed by atoms with Gasteiger partial charge in [-0.15, -0.1) is 0 Å². The predicted molar refractivity (Wildman–Crippen MR) is 83.6 cm³/mol. The first-order chi connectivity index (χ1) is 11.4. The second-order valence-corrected chi connectivity index (χ2v) is 5.32. The number of ether oxygens (including phenoxy) is 1. The zero-order chi connectivity index (χ0) is 17.7. The molecule has 0 aliphatic heterocycles. The zero-order valence-electron chi connectivity index (χ0n) is 13.2. The highest BCUT2D eigenvalue weighted by Crippen LogP contribution is 2.10. The van der Waals surface area contributed by atoms with E-state index in [-0.39, 0.29) is 29.4 Å². The molecule has 1 N–H and O–H groups in total. The maximum absolute atomic E-state index is 12.4. The highest BCUT2D eigenvalue weighted by Gasteiger charge is 2.11. The Kier molecular flexibility index (Phi) is 5.51. The quantitative estimate of drug-likeness (QED) is 0.552. The lowest BCUT2D eigenvalue weighted by atomic mass is 10.1. The Morgan fingerprint density at radius 2 is 1.96 bits per heavy atom. The zero-order valence-corrected chi connectivity index (χ0v) is 13.2. The molecular weight excluding hydrogens is 316 g/mol. The van der Waals surface area contributed by atoms with Crippen LogP contribution in [0.1, 0.15) is 36.0 Å². The number of aliphatic carboxylic acids is 1. The number of aromatic nitrogens is 2. The topological polar surface area (TPSA) is 121 Å². The van der Waals surface area contributed by atoms with Gasteiger partial charge in [-0.1, -0.05) is 6.42 Å². The Morgan fingerprint density at radius 3 is 2.62 bits per heavy atom. The molecule has 0 bridgehead atoms. The molecule has 0 aliphatic carbocycles. The number of rotatable bonds is 7. The van der Waals surface area contributed by atoms with Gasteiger partial charge in [-0.3, -0.25) is 9.36 Å². The van der Waals surface area contributed by atoms with Gasteiger partial charge in [0.2, 0.25) is 0 Å². The number of esters is 1. The van der Waals surface area contributed by atoms with Gasteiger partial charge in [0.05, 0.1) is 23.6 Å². The summed E-state index contributed by atoms with van der Waals surface area (Å²) in [7, 11) is 1.24. The summed E-state index contributed by atoms with van der Waals surface area (Å²) in [4.78, 5) is 48.9. The van der Waals surface area contributed by atoms with Crippen LogP contribution >= 0.6 is 0 Å². The summed E-state index contributed by atoms with van der Waals surface area (Å²) in [6.07, 6.45) is 1.46. The first-order valence-corrected chi connectivity index (χ1v) is 7.49. The first kappa shape index (κ1) is 17.5. The first-order valence-electron chi connectivity index (χ1n) is 7.49. The Bertz CT molecular complexity index is 880. The number of H-pyrrole nitrogens is 1. The van der Waals surface area contributed by atoms with Crippen LogP contribution in [0, 0.1) is 0 Å². The van der Waals surface area contributed by atoms with E-state index in [0.29, 0.717) is 19.3 Å². The fraction of sp³-hybridized carbons (Fsp3) is 0.375. The van der Waals surface area contributed by atoms with E-state index in [1.54, 1.807) is 0 Å². The molecule has 0 spiro atoms. The van der Waals surface area contributed by atoms with Crippen LogP contribution in [0.2, 0.25) is 0 Å². The molecule has 0 fully saturated rings.